The van der Waals surface area contributed by atoms with E-state index in [0.717, 1.165) is 12.1 Å². The second kappa shape index (κ2) is 10.4. The maximum Gasteiger partial charge on any atom is 1.00 e. The molecular weight excluding hydrogens is 364 g/mol. The van der Waals surface area contributed by atoms with Crippen LogP contribution in [0.4, 0.5) is 13.2 Å². The van der Waals surface area contributed by atoms with Gasteiger partial charge in [-0.15, -0.1) is 0 Å². The SMILES string of the molecule is O=P(O)(O)CP(=O)(O)c1ccc(C(F)(F)F)cc1.[H-].[H-].[H-].[Na+].[Na+].[Na+]. The van der Waals surface area contributed by atoms with Crippen LogP contribution in [0.5, 0.6) is 0 Å². The molecule has 0 amide bonds. The van der Waals surface area contributed by atoms with Gasteiger partial charge in [0.25, 0.3) is 0 Å². The van der Waals surface area contributed by atoms with Crippen LogP contribution in [0.25, 0.3) is 0 Å². The summed E-state index contributed by atoms with van der Waals surface area (Å²) in [5.41, 5.74) is -1.01. The molecule has 0 radical (unpaired) electrons. The van der Waals surface area contributed by atoms with Crippen molar-refractivity contribution >= 4 is 20.3 Å². The minimum atomic E-state index is -4.73. The Kier molecular flexibility index (Phi) is 13.9. The van der Waals surface area contributed by atoms with Gasteiger partial charge in [-0.2, -0.15) is 13.2 Å². The molecule has 1 aromatic carbocycles. The van der Waals surface area contributed by atoms with Gasteiger partial charge in [0.15, 0.2) is 0 Å². The molecule has 1 atom stereocenters. The van der Waals surface area contributed by atoms with E-state index in [1.807, 2.05) is 0 Å². The van der Waals surface area contributed by atoms with Gasteiger partial charge in [0.05, 0.1) is 5.56 Å². The minimum absolute atomic E-state index is 0. The Hall–Kier alpha value is 2.35. The van der Waals surface area contributed by atoms with E-state index in [9.17, 15) is 27.2 Å². The number of benzene rings is 1. The van der Waals surface area contributed by atoms with Gasteiger partial charge in [0.2, 0.25) is 7.37 Å². The Bertz CT molecular complexity index is 544. The predicted molar refractivity (Wildman–Crippen MR) is 61.2 cm³/mol. The van der Waals surface area contributed by atoms with Crippen molar-refractivity contribution < 1.29 is 130 Å². The van der Waals surface area contributed by atoms with Crippen LogP contribution >= 0.6 is 15.0 Å². The summed E-state index contributed by atoms with van der Waals surface area (Å²) in [5, 5.41) is -0.432. The minimum Gasteiger partial charge on any atom is -1.00 e. The van der Waals surface area contributed by atoms with E-state index < -0.39 is 37.9 Å². The number of halogens is 3. The van der Waals surface area contributed by atoms with Gasteiger partial charge in [-0.05, 0) is 24.3 Å². The van der Waals surface area contributed by atoms with Crippen molar-refractivity contribution in [3.05, 3.63) is 29.8 Å². The summed E-state index contributed by atoms with van der Waals surface area (Å²) in [6.07, 6.45) is -4.58. The predicted octanol–water partition coefficient (Wildman–Crippen LogP) is -6.91. The third kappa shape index (κ3) is 10.0. The maximum absolute atomic E-state index is 12.2. The molecule has 5 nitrogen and oxygen atoms in total. The van der Waals surface area contributed by atoms with Crippen LogP contribution in [0.1, 0.15) is 9.84 Å². The molecule has 1 aromatic rings. The second-order valence-electron chi connectivity index (χ2n) is 3.55. The molecule has 13 heteroatoms. The first-order valence-corrected chi connectivity index (χ1v) is 8.10. The Morgan fingerprint density at radius 1 is 0.952 bits per heavy atom. The van der Waals surface area contributed by atoms with Crippen molar-refractivity contribution in [3.8, 4) is 0 Å². The fourth-order valence-electron chi connectivity index (χ4n) is 1.21. The van der Waals surface area contributed by atoms with E-state index in [1.54, 1.807) is 0 Å². The Morgan fingerprint density at radius 3 is 1.62 bits per heavy atom. The average molecular weight is 376 g/mol. The molecule has 0 saturated carbocycles. The first-order chi connectivity index (χ1) is 7.92. The molecule has 0 heterocycles. The summed E-state index contributed by atoms with van der Waals surface area (Å²) < 4.78 is 58.9. The zero-order valence-electron chi connectivity index (χ0n) is 14.7. The molecule has 0 aliphatic rings. The molecule has 3 N–H and O–H groups in total. The Morgan fingerprint density at radius 2 is 1.33 bits per heavy atom. The molecule has 21 heavy (non-hydrogen) atoms. The molecule has 0 aromatic heterocycles. The summed E-state index contributed by atoms with van der Waals surface area (Å²) in [4.78, 5) is 26.6. The van der Waals surface area contributed by atoms with E-state index in [1.165, 1.54) is 0 Å². The van der Waals surface area contributed by atoms with E-state index in [0.29, 0.717) is 12.1 Å². The van der Waals surface area contributed by atoms with Crippen molar-refractivity contribution in [2.45, 2.75) is 6.18 Å². The number of hydrogen-bond acceptors (Lipinski definition) is 2. The molecule has 108 valence electrons. The molecule has 1 rings (SSSR count). The average Bonchev–Trinajstić information content (AvgIpc) is 2.13. The van der Waals surface area contributed by atoms with Crippen LogP contribution in [0, 0.1) is 0 Å². The van der Waals surface area contributed by atoms with Crippen LogP contribution in [-0.4, -0.2) is 20.6 Å². The van der Waals surface area contributed by atoms with E-state index in [4.69, 9.17) is 9.79 Å². The summed E-state index contributed by atoms with van der Waals surface area (Å²) in [7, 11) is -9.10. The van der Waals surface area contributed by atoms with Crippen LogP contribution in [0.15, 0.2) is 24.3 Å². The van der Waals surface area contributed by atoms with Crippen LogP contribution < -0.4 is 94.0 Å². The second-order valence-corrected chi connectivity index (χ2v) is 7.93. The monoisotopic (exact) mass is 376 g/mol. The quantitative estimate of drug-likeness (QED) is 0.360. The molecule has 0 fully saturated rings. The molecular formula is C8H12F3Na3O5P2. The van der Waals surface area contributed by atoms with Crippen LogP contribution in [0.3, 0.4) is 0 Å². The normalized spacial score (nSPS) is 14.0. The number of rotatable bonds is 3. The largest absolute Gasteiger partial charge is 1.00 e. The fraction of sp³-hybridized carbons (Fsp3) is 0.250. The van der Waals surface area contributed by atoms with Crippen molar-refractivity contribution in [3.63, 3.8) is 0 Å². The Balaban J connectivity index is -0.000000135. The van der Waals surface area contributed by atoms with Gasteiger partial charge in [-0.3, -0.25) is 9.13 Å². The topological polar surface area (TPSA) is 94.8 Å². The molecule has 1 unspecified atom stereocenters. The standard InChI is InChI=1S/C8H9F3O5P2.3Na.3H/c9-8(10,11)6-1-3-7(4-2-6)17(12,13)5-18(14,15)16;;;;;;/h1-4H,5H2,(H,12,13)(H2,14,15,16);;;;;;/q;3*+1;3*-1. The molecule has 0 spiro atoms. The third-order valence-corrected chi connectivity index (χ3v) is 6.09. The smallest absolute Gasteiger partial charge is 1.00 e. The van der Waals surface area contributed by atoms with E-state index in [-0.39, 0.29) is 93.0 Å². The first-order valence-electron chi connectivity index (χ1n) is 4.46. The van der Waals surface area contributed by atoms with Crippen molar-refractivity contribution in [2.75, 3.05) is 5.90 Å². The van der Waals surface area contributed by atoms with E-state index >= 15 is 0 Å². The van der Waals surface area contributed by atoms with Crippen molar-refractivity contribution in [1.29, 1.82) is 0 Å². The van der Waals surface area contributed by atoms with Crippen molar-refractivity contribution in [1.82, 2.24) is 0 Å². The van der Waals surface area contributed by atoms with Gasteiger partial charge < -0.3 is 19.0 Å². The number of alkyl halides is 3. The first kappa shape index (κ1) is 28.2. The van der Waals surface area contributed by atoms with Crippen LogP contribution in [0.2, 0.25) is 0 Å². The zero-order chi connectivity index (χ0) is 14.2. The van der Waals surface area contributed by atoms with Gasteiger partial charge in [0.1, 0.15) is 5.90 Å². The van der Waals surface area contributed by atoms with Gasteiger partial charge in [-0.1, -0.05) is 0 Å². The van der Waals surface area contributed by atoms with E-state index in [2.05, 4.69) is 0 Å². The fourth-order valence-corrected chi connectivity index (χ4v) is 4.48. The molecule has 0 aliphatic heterocycles. The molecule has 0 bridgehead atoms. The summed E-state index contributed by atoms with van der Waals surface area (Å²) in [6.45, 7) is 0. The third-order valence-electron chi connectivity index (χ3n) is 1.97. The summed E-state index contributed by atoms with van der Waals surface area (Å²) >= 11 is 0. The molecule has 0 aliphatic carbocycles. The summed E-state index contributed by atoms with van der Waals surface area (Å²) in [6, 6.07) is 2.63. The van der Waals surface area contributed by atoms with Gasteiger partial charge in [0, 0.05) is 5.30 Å². The number of hydrogen-bond donors (Lipinski definition) is 3. The maximum atomic E-state index is 12.2. The van der Waals surface area contributed by atoms with Crippen molar-refractivity contribution in [2.24, 2.45) is 0 Å². The van der Waals surface area contributed by atoms with Gasteiger partial charge >= 0.3 is 102 Å². The van der Waals surface area contributed by atoms with Crippen LogP contribution in [-0.2, 0) is 15.3 Å². The zero-order valence-corrected chi connectivity index (χ0v) is 19.5. The molecule has 0 saturated heterocycles. The summed E-state index contributed by atoms with van der Waals surface area (Å²) in [5.74, 6) is -1.30. The van der Waals surface area contributed by atoms with Gasteiger partial charge in [-0.25, -0.2) is 0 Å². The Labute approximate surface area is 190 Å².